The topological polar surface area (TPSA) is 64.7 Å². The molecule has 3 atom stereocenters. The third-order valence-corrected chi connectivity index (χ3v) is 3.47. The van der Waals surface area contributed by atoms with E-state index in [4.69, 9.17) is 15.2 Å². The molecule has 1 aromatic carbocycles. The smallest absolute Gasteiger partial charge is 0.181 e. The Morgan fingerprint density at radius 2 is 2.06 bits per heavy atom. The standard InChI is InChI=1S/C14H21NO3/c1-17-13-6-3-11(4-7-13)14(16)18-9-10-2-5-12(15)8-10/h3-4,6-7,10,12,14,16H,2,5,8-9,15H2,1H3/t10-,12?,14?/m0/s1. The quantitative estimate of drug-likeness (QED) is 0.784. The molecule has 0 aromatic heterocycles. The van der Waals surface area contributed by atoms with Gasteiger partial charge in [0.05, 0.1) is 13.7 Å². The van der Waals surface area contributed by atoms with Gasteiger partial charge in [0.15, 0.2) is 6.29 Å². The van der Waals surface area contributed by atoms with Crippen LogP contribution < -0.4 is 10.5 Å². The second-order valence-corrected chi connectivity index (χ2v) is 4.90. The summed E-state index contributed by atoms with van der Waals surface area (Å²) in [5.41, 5.74) is 6.59. The Kier molecular flexibility index (Phi) is 4.58. The van der Waals surface area contributed by atoms with Crippen molar-refractivity contribution in [2.45, 2.75) is 31.6 Å². The predicted molar refractivity (Wildman–Crippen MR) is 69.2 cm³/mol. The molecule has 0 aliphatic heterocycles. The molecule has 1 fully saturated rings. The fraction of sp³-hybridized carbons (Fsp3) is 0.571. The monoisotopic (exact) mass is 251 g/mol. The van der Waals surface area contributed by atoms with Gasteiger partial charge < -0.3 is 20.3 Å². The Morgan fingerprint density at radius 1 is 1.33 bits per heavy atom. The maximum absolute atomic E-state index is 9.92. The highest BCUT2D eigenvalue weighted by molar-refractivity contribution is 5.27. The first kappa shape index (κ1) is 13.3. The van der Waals surface area contributed by atoms with Gasteiger partial charge in [0.25, 0.3) is 0 Å². The van der Waals surface area contributed by atoms with Crippen LogP contribution in [0.1, 0.15) is 31.1 Å². The lowest BCUT2D eigenvalue weighted by Gasteiger charge is -2.16. The van der Waals surface area contributed by atoms with E-state index in [-0.39, 0.29) is 0 Å². The largest absolute Gasteiger partial charge is 0.497 e. The van der Waals surface area contributed by atoms with Crippen LogP contribution >= 0.6 is 0 Å². The molecule has 4 heteroatoms. The Labute approximate surface area is 108 Å². The molecule has 4 nitrogen and oxygen atoms in total. The third kappa shape index (κ3) is 3.45. The maximum atomic E-state index is 9.92. The van der Waals surface area contributed by atoms with Gasteiger partial charge >= 0.3 is 0 Å². The zero-order valence-corrected chi connectivity index (χ0v) is 10.7. The van der Waals surface area contributed by atoms with E-state index in [2.05, 4.69) is 0 Å². The molecule has 0 bridgehead atoms. The van der Waals surface area contributed by atoms with E-state index >= 15 is 0 Å². The predicted octanol–water partition coefficient (Wildman–Crippen LogP) is 1.83. The SMILES string of the molecule is COc1ccc(C(O)OC[C@H]2CCC(N)C2)cc1. The van der Waals surface area contributed by atoms with Crippen LogP contribution in [-0.4, -0.2) is 24.9 Å². The minimum absolute atomic E-state index is 0.303. The number of aliphatic hydroxyl groups excluding tert-OH is 1. The number of aliphatic hydroxyl groups is 1. The van der Waals surface area contributed by atoms with Crippen LogP contribution in [0, 0.1) is 5.92 Å². The average Bonchev–Trinajstić information content (AvgIpc) is 2.82. The van der Waals surface area contributed by atoms with Gasteiger partial charge in [0.1, 0.15) is 5.75 Å². The zero-order chi connectivity index (χ0) is 13.0. The van der Waals surface area contributed by atoms with Gasteiger partial charge in [-0.15, -0.1) is 0 Å². The lowest BCUT2D eigenvalue weighted by atomic mass is 10.1. The first-order valence-electron chi connectivity index (χ1n) is 6.38. The van der Waals surface area contributed by atoms with Crippen LogP contribution in [0.4, 0.5) is 0 Å². The molecule has 0 saturated heterocycles. The van der Waals surface area contributed by atoms with E-state index in [1.165, 1.54) is 0 Å². The first-order chi connectivity index (χ1) is 8.69. The van der Waals surface area contributed by atoms with Gasteiger partial charge in [-0.3, -0.25) is 0 Å². The summed E-state index contributed by atoms with van der Waals surface area (Å²) in [4.78, 5) is 0. The van der Waals surface area contributed by atoms with Crippen molar-refractivity contribution < 1.29 is 14.6 Å². The average molecular weight is 251 g/mol. The van der Waals surface area contributed by atoms with E-state index < -0.39 is 6.29 Å². The van der Waals surface area contributed by atoms with Crippen LogP contribution in [0.2, 0.25) is 0 Å². The van der Waals surface area contributed by atoms with Crippen molar-refractivity contribution in [3.63, 3.8) is 0 Å². The third-order valence-electron chi connectivity index (χ3n) is 3.47. The Hall–Kier alpha value is -1.10. The summed E-state index contributed by atoms with van der Waals surface area (Å²) < 4.78 is 10.6. The van der Waals surface area contributed by atoms with Gasteiger partial charge in [0.2, 0.25) is 0 Å². The van der Waals surface area contributed by atoms with Crippen molar-refractivity contribution in [1.82, 2.24) is 0 Å². The van der Waals surface area contributed by atoms with Crippen LogP contribution in [0.25, 0.3) is 0 Å². The number of methoxy groups -OCH3 is 1. The number of hydrogen-bond donors (Lipinski definition) is 2. The Bertz CT molecular complexity index is 366. The minimum atomic E-state index is -0.868. The molecule has 2 unspecified atom stereocenters. The van der Waals surface area contributed by atoms with Crippen LogP contribution in [0.3, 0.4) is 0 Å². The van der Waals surface area contributed by atoms with Gasteiger partial charge in [0, 0.05) is 11.6 Å². The van der Waals surface area contributed by atoms with Crippen molar-refractivity contribution in [2.75, 3.05) is 13.7 Å². The molecule has 100 valence electrons. The molecule has 0 amide bonds. The minimum Gasteiger partial charge on any atom is -0.497 e. The lowest BCUT2D eigenvalue weighted by molar-refractivity contribution is -0.113. The molecular weight excluding hydrogens is 230 g/mol. The summed E-state index contributed by atoms with van der Waals surface area (Å²) in [5, 5.41) is 9.92. The number of ether oxygens (including phenoxy) is 2. The maximum Gasteiger partial charge on any atom is 0.181 e. The molecule has 2 rings (SSSR count). The number of hydrogen-bond acceptors (Lipinski definition) is 4. The van der Waals surface area contributed by atoms with E-state index in [1.54, 1.807) is 7.11 Å². The molecular formula is C14H21NO3. The van der Waals surface area contributed by atoms with Crippen molar-refractivity contribution >= 4 is 0 Å². The normalized spacial score (nSPS) is 25.1. The lowest BCUT2D eigenvalue weighted by Crippen LogP contribution is -2.17. The fourth-order valence-corrected chi connectivity index (χ4v) is 2.36. The Balaban J connectivity index is 1.81. The summed E-state index contributed by atoms with van der Waals surface area (Å²) >= 11 is 0. The molecule has 1 aliphatic carbocycles. The van der Waals surface area contributed by atoms with Gasteiger partial charge in [-0.25, -0.2) is 0 Å². The van der Waals surface area contributed by atoms with Gasteiger partial charge in [-0.2, -0.15) is 0 Å². The van der Waals surface area contributed by atoms with Crippen molar-refractivity contribution in [3.05, 3.63) is 29.8 Å². The molecule has 0 heterocycles. The molecule has 1 aromatic rings. The molecule has 1 aliphatic rings. The summed E-state index contributed by atoms with van der Waals surface area (Å²) in [6.45, 7) is 0.570. The summed E-state index contributed by atoms with van der Waals surface area (Å²) in [5.74, 6) is 1.25. The summed E-state index contributed by atoms with van der Waals surface area (Å²) in [6.07, 6.45) is 2.28. The second-order valence-electron chi connectivity index (χ2n) is 4.90. The first-order valence-corrected chi connectivity index (χ1v) is 6.38. The fourth-order valence-electron chi connectivity index (χ4n) is 2.36. The van der Waals surface area contributed by atoms with Crippen LogP contribution in [0.5, 0.6) is 5.75 Å². The molecule has 1 saturated carbocycles. The van der Waals surface area contributed by atoms with Crippen molar-refractivity contribution in [1.29, 1.82) is 0 Å². The molecule has 3 N–H and O–H groups in total. The second kappa shape index (κ2) is 6.18. The number of rotatable bonds is 5. The van der Waals surface area contributed by atoms with E-state index in [0.717, 1.165) is 30.6 Å². The van der Waals surface area contributed by atoms with E-state index in [1.807, 2.05) is 24.3 Å². The van der Waals surface area contributed by atoms with Crippen molar-refractivity contribution in [2.24, 2.45) is 11.7 Å². The van der Waals surface area contributed by atoms with Crippen molar-refractivity contribution in [3.8, 4) is 5.75 Å². The molecule has 0 radical (unpaired) electrons. The Morgan fingerprint density at radius 3 is 2.61 bits per heavy atom. The van der Waals surface area contributed by atoms with E-state index in [0.29, 0.717) is 18.6 Å². The number of nitrogens with two attached hydrogens (primary N) is 1. The van der Waals surface area contributed by atoms with E-state index in [9.17, 15) is 5.11 Å². The highest BCUT2D eigenvalue weighted by Gasteiger charge is 2.22. The van der Waals surface area contributed by atoms with Crippen LogP contribution in [0.15, 0.2) is 24.3 Å². The molecule has 18 heavy (non-hydrogen) atoms. The number of benzene rings is 1. The summed E-state index contributed by atoms with van der Waals surface area (Å²) in [6, 6.07) is 7.55. The van der Waals surface area contributed by atoms with Gasteiger partial charge in [-0.1, -0.05) is 12.1 Å². The molecule has 0 spiro atoms. The highest BCUT2D eigenvalue weighted by atomic mass is 16.6. The van der Waals surface area contributed by atoms with Gasteiger partial charge in [-0.05, 0) is 37.3 Å². The zero-order valence-electron chi connectivity index (χ0n) is 10.7. The highest BCUT2D eigenvalue weighted by Crippen LogP contribution is 2.26. The van der Waals surface area contributed by atoms with Crippen LogP contribution in [-0.2, 0) is 4.74 Å². The summed E-state index contributed by atoms with van der Waals surface area (Å²) in [7, 11) is 1.62.